The summed E-state index contributed by atoms with van der Waals surface area (Å²) in [6, 6.07) is 0. The highest BCUT2D eigenvalue weighted by Crippen LogP contribution is 2.01. The normalized spacial score (nSPS) is 12.0. The Morgan fingerprint density at radius 3 is 2.45 bits per heavy atom. The molecule has 0 atom stereocenters. The third-order valence-electron chi connectivity index (χ3n) is 1.48. The number of esters is 1. The summed E-state index contributed by atoms with van der Waals surface area (Å²) in [6.45, 7) is 3.93. The quantitative estimate of drug-likeness (QED) is 0.484. The Morgan fingerprint density at radius 1 is 1.55 bits per heavy atom. The number of ether oxygens (including phenoxy) is 1. The number of carbonyl (C=O) groups excluding carboxylic acids is 1. The van der Waals surface area contributed by atoms with Crippen LogP contribution in [0.5, 0.6) is 0 Å². The van der Waals surface area contributed by atoms with Crippen molar-refractivity contribution in [1.82, 2.24) is 5.32 Å². The van der Waals surface area contributed by atoms with E-state index in [0.29, 0.717) is 0 Å². The van der Waals surface area contributed by atoms with E-state index in [2.05, 4.69) is 10.1 Å². The molecule has 0 amide bonds. The van der Waals surface area contributed by atoms with E-state index >= 15 is 0 Å². The zero-order valence-electron chi connectivity index (χ0n) is 7.47. The van der Waals surface area contributed by atoms with Gasteiger partial charge in [0.25, 0.3) is 0 Å². The summed E-state index contributed by atoms with van der Waals surface area (Å²) < 4.78 is 4.44. The lowest BCUT2D eigenvalue weighted by molar-refractivity contribution is -0.134. The molecule has 1 N–H and O–H groups in total. The Hall–Kier alpha value is -0.830. The Bertz CT molecular complexity index is 161. The standard InChI is InChI=1S/C8H15NO2/c1-8(2,9-3)6-5-7(10)11-4/h5-6,9H,1-4H3/b6-5+. The summed E-state index contributed by atoms with van der Waals surface area (Å²) in [5.74, 6) is -0.326. The SMILES string of the molecule is CNC(C)(C)/C=C/C(=O)OC. The summed E-state index contributed by atoms with van der Waals surface area (Å²) in [4.78, 5) is 10.6. The molecule has 0 aromatic heterocycles. The molecule has 0 aliphatic carbocycles. The molecule has 3 nitrogen and oxygen atoms in total. The van der Waals surface area contributed by atoms with Crippen LogP contribution in [0.2, 0.25) is 0 Å². The van der Waals surface area contributed by atoms with Gasteiger partial charge in [0.05, 0.1) is 7.11 Å². The molecule has 0 spiro atoms. The van der Waals surface area contributed by atoms with Crippen LogP contribution in [0.15, 0.2) is 12.2 Å². The van der Waals surface area contributed by atoms with Crippen molar-refractivity contribution in [1.29, 1.82) is 0 Å². The lowest BCUT2D eigenvalue weighted by atomic mass is 10.1. The van der Waals surface area contributed by atoms with Crippen molar-refractivity contribution in [2.45, 2.75) is 19.4 Å². The second-order valence-electron chi connectivity index (χ2n) is 2.83. The van der Waals surface area contributed by atoms with Gasteiger partial charge in [-0.2, -0.15) is 0 Å². The Labute approximate surface area is 67.4 Å². The fraction of sp³-hybridized carbons (Fsp3) is 0.625. The predicted octanol–water partition coefficient (Wildman–Crippen LogP) is 0.714. The zero-order valence-corrected chi connectivity index (χ0v) is 7.47. The van der Waals surface area contributed by atoms with Crippen molar-refractivity contribution in [3.8, 4) is 0 Å². The Balaban J connectivity index is 4.01. The highest BCUT2D eigenvalue weighted by Gasteiger charge is 2.09. The molecule has 64 valence electrons. The number of hydrogen-bond donors (Lipinski definition) is 1. The third-order valence-corrected chi connectivity index (χ3v) is 1.48. The van der Waals surface area contributed by atoms with Gasteiger partial charge in [0, 0.05) is 11.6 Å². The minimum absolute atomic E-state index is 0.159. The largest absolute Gasteiger partial charge is 0.466 e. The molecule has 3 heteroatoms. The number of methoxy groups -OCH3 is 1. The summed E-state index contributed by atoms with van der Waals surface area (Å²) in [7, 11) is 3.20. The highest BCUT2D eigenvalue weighted by molar-refractivity contribution is 5.81. The lowest BCUT2D eigenvalue weighted by Gasteiger charge is -2.18. The van der Waals surface area contributed by atoms with E-state index in [4.69, 9.17) is 0 Å². The molecule has 0 fully saturated rings. The van der Waals surface area contributed by atoms with Crippen LogP contribution in [0.1, 0.15) is 13.8 Å². The second kappa shape index (κ2) is 4.13. The van der Waals surface area contributed by atoms with Gasteiger partial charge in [-0.05, 0) is 20.9 Å². The van der Waals surface area contributed by atoms with E-state index in [1.165, 1.54) is 13.2 Å². The molecule has 11 heavy (non-hydrogen) atoms. The van der Waals surface area contributed by atoms with Crippen LogP contribution >= 0.6 is 0 Å². The van der Waals surface area contributed by atoms with E-state index in [9.17, 15) is 4.79 Å². The van der Waals surface area contributed by atoms with Crippen LogP contribution in [-0.4, -0.2) is 25.7 Å². The maximum Gasteiger partial charge on any atom is 0.330 e. The minimum Gasteiger partial charge on any atom is -0.466 e. The van der Waals surface area contributed by atoms with Gasteiger partial charge in [0.15, 0.2) is 0 Å². The predicted molar refractivity (Wildman–Crippen MR) is 44.3 cm³/mol. The molecule has 0 aromatic carbocycles. The molecule has 0 unspecified atom stereocenters. The van der Waals surface area contributed by atoms with Gasteiger partial charge in [0.2, 0.25) is 0 Å². The first-order valence-corrected chi connectivity index (χ1v) is 3.48. The molecule has 0 saturated heterocycles. The maximum atomic E-state index is 10.6. The Morgan fingerprint density at radius 2 is 2.09 bits per heavy atom. The van der Waals surface area contributed by atoms with E-state index in [-0.39, 0.29) is 11.5 Å². The highest BCUT2D eigenvalue weighted by atomic mass is 16.5. The van der Waals surface area contributed by atoms with Gasteiger partial charge in [-0.15, -0.1) is 0 Å². The van der Waals surface area contributed by atoms with E-state index in [0.717, 1.165) is 0 Å². The molecule has 0 bridgehead atoms. The van der Waals surface area contributed by atoms with Gasteiger partial charge in [0.1, 0.15) is 0 Å². The van der Waals surface area contributed by atoms with Crippen LogP contribution in [0, 0.1) is 0 Å². The third kappa shape index (κ3) is 4.56. The van der Waals surface area contributed by atoms with Gasteiger partial charge >= 0.3 is 5.97 Å². The van der Waals surface area contributed by atoms with Gasteiger partial charge in [-0.3, -0.25) is 0 Å². The van der Waals surface area contributed by atoms with E-state index in [1.807, 2.05) is 20.9 Å². The number of nitrogens with one attached hydrogen (secondary N) is 1. The first-order chi connectivity index (χ1) is 5.02. The van der Waals surface area contributed by atoms with Crippen molar-refractivity contribution in [3.05, 3.63) is 12.2 Å². The molecular formula is C8H15NO2. The molecular weight excluding hydrogens is 142 g/mol. The van der Waals surface area contributed by atoms with Crippen LogP contribution in [0.4, 0.5) is 0 Å². The number of hydrogen-bond acceptors (Lipinski definition) is 3. The second-order valence-corrected chi connectivity index (χ2v) is 2.83. The molecule has 0 aromatic rings. The van der Waals surface area contributed by atoms with Gasteiger partial charge < -0.3 is 10.1 Å². The minimum atomic E-state index is -0.326. The Kier molecular flexibility index (Phi) is 3.82. The van der Waals surface area contributed by atoms with Crippen molar-refractivity contribution >= 4 is 5.97 Å². The van der Waals surface area contributed by atoms with Crippen molar-refractivity contribution in [3.63, 3.8) is 0 Å². The monoisotopic (exact) mass is 157 g/mol. The molecule has 0 heterocycles. The molecule has 0 aliphatic heterocycles. The van der Waals surface area contributed by atoms with Crippen molar-refractivity contribution in [2.75, 3.05) is 14.2 Å². The molecule has 0 radical (unpaired) electrons. The fourth-order valence-corrected chi connectivity index (χ4v) is 0.428. The smallest absolute Gasteiger partial charge is 0.330 e. The summed E-state index contributed by atoms with van der Waals surface area (Å²) in [5, 5.41) is 3.03. The topological polar surface area (TPSA) is 38.3 Å². The number of rotatable bonds is 3. The van der Waals surface area contributed by atoms with Crippen LogP contribution in [-0.2, 0) is 9.53 Å². The summed E-state index contributed by atoms with van der Waals surface area (Å²) >= 11 is 0. The average Bonchev–Trinajstić information content (AvgIpc) is 2.00. The van der Waals surface area contributed by atoms with Gasteiger partial charge in [-0.1, -0.05) is 6.08 Å². The zero-order chi connectivity index (χ0) is 8.91. The van der Waals surface area contributed by atoms with Gasteiger partial charge in [-0.25, -0.2) is 4.79 Å². The van der Waals surface area contributed by atoms with Crippen LogP contribution in [0.25, 0.3) is 0 Å². The van der Waals surface area contributed by atoms with E-state index in [1.54, 1.807) is 6.08 Å². The summed E-state index contributed by atoms with van der Waals surface area (Å²) in [5.41, 5.74) is -0.159. The molecule has 0 saturated carbocycles. The van der Waals surface area contributed by atoms with Crippen molar-refractivity contribution < 1.29 is 9.53 Å². The first kappa shape index (κ1) is 10.2. The molecule has 0 aliphatic rings. The molecule has 0 rings (SSSR count). The van der Waals surface area contributed by atoms with Crippen LogP contribution in [0.3, 0.4) is 0 Å². The van der Waals surface area contributed by atoms with Crippen molar-refractivity contribution in [2.24, 2.45) is 0 Å². The summed E-state index contributed by atoms with van der Waals surface area (Å²) in [6.07, 6.45) is 3.18. The number of likely N-dealkylation sites (N-methyl/N-ethyl adjacent to an activating group) is 1. The maximum absolute atomic E-state index is 10.6. The number of carbonyl (C=O) groups is 1. The van der Waals surface area contributed by atoms with Crippen LogP contribution < -0.4 is 5.32 Å². The fourth-order valence-electron chi connectivity index (χ4n) is 0.428. The van der Waals surface area contributed by atoms with E-state index < -0.39 is 0 Å². The lowest BCUT2D eigenvalue weighted by Crippen LogP contribution is -2.33. The average molecular weight is 157 g/mol. The first-order valence-electron chi connectivity index (χ1n) is 3.48.